The van der Waals surface area contributed by atoms with E-state index in [1.165, 1.54) is 27.5 Å². The normalized spacial score (nSPS) is 14.3. The number of nitrogens with zero attached hydrogens (tertiary/aromatic N) is 7. The van der Waals surface area contributed by atoms with Crippen LogP contribution in [0.25, 0.3) is 27.6 Å². The van der Waals surface area contributed by atoms with E-state index < -0.39 is 17.4 Å². The predicted octanol–water partition coefficient (Wildman–Crippen LogP) is 4.14. The Labute approximate surface area is 228 Å². The smallest absolute Gasteiger partial charge is 0.339 e. The first kappa shape index (κ1) is 27.0. The molecule has 4 aromatic rings. The monoisotopic (exact) mass is 549 g/mol. The first-order chi connectivity index (χ1) is 19.1. The molecule has 1 aliphatic rings. The van der Waals surface area contributed by atoms with E-state index in [1.54, 1.807) is 46.8 Å². The molecule has 1 aliphatic heterocycles. The highest BCUT2D eigenvalue weighted by Gasteiger charge is 2.32. The number of aromatic nitrogens is 4. The number of piperazine rings is 1. The van der Waals surface area contributed by atoms with E-state index in [0.29, 0.717) is 54.6 Å². The first-order valence-electron chi connectivity index (χ1n) is 12.6. The number of amides is 1. The van der Waals surface area contributed by atoms with Crippen LogP contribution in [0.1, 0.15) is 11.3 Å². The largest absolute Gasteiger partial charge is 0.416 e. The predicted molar refractivity (Wildman–Crippen MR) is 143 cm³/mol. The number of carbonyl (C=O) groups excluding carboxylic acids is 1. The van der Waals surface area contributed by atoms with Crippen LogP contribution in [-0.4, -0.2) is 67.8 Å². The zero-order valence-corrected chi connectivity index (χ0v) is 21.9. The summed E-state index contributed by atoms with van der Waals surface area (Å²) in [6, 6.07) is 12.9. The van der Waals surface area contributed by atoms with Gasteiger partial charge in [-0.2, -0.15) is 18.3 Å². The molecule has 0 spiro atoms. The Balaban J connectivity index is 1.66. The molecule has 0 saturated carbocycles. The summed E-state index contributed by atoms with van der Waals surface area (Å²) in [4.78, 5) is 34.4. The quantitative estimate of drug-likeness (QED) is 0.351. The van der Waals surface area contributed by atoms with Gasteiger partial charge in [-0.15, -0.1) is 0 Å². The molecule has 2 aromatic carbocycles. The average molecular weight is 550 g/mol. The molecule has 9 nitrogen and oxygen atoms in total. The van der Waals surface area contributed by atoms with Crippen LogP contribution >= 0.6 is 0 Å². The first-order valence-corrected chi connectivity index (χ1v) is 12.6. The lowest BCUT2D eigenvalue weighted by Crippen LogP contribution is -2.48. The van der Waals surface area contributed by atoms with E-state index in [1.807, 2.05) is 7.05 Å². The summed E-state index contributed by atoms with van der Waals surface area (Å²) in [6.45, 7) is 11.0. The SMILES string of the molecule is [C-]#[N+]c1ccc(-n2nccc2-c2c(C)n(-c3cccc(C(F)(F)F)c3)c(=O)n2CC(=O)N2CCN(C)CC2)cc1. The topological polar surface area (TPSA) is 72.7 Å². The van der Waals surface area contributed by atoms with Crippen LogP contribution in [0.3, 0.4) is 0 Å². The van der Waals surface area contributed by atoms with Crippen molar-refractivity contribution < 1.29 is 18.0 Å². The second-order valence-corrected chi connectivity index (χ2v) is 9.63. The van der Waals surface area contributed by atoms with Gasteiger partial charge in [0.1, 0.15) is 6.54 Å². The summed E-state index contributed by atoms with van der Waals surface area (Å²) in [5.41, 5.74) is 0.766. The molecule has 0 bridgehead atoms. The number of imidazole rings is 1. The van der Waals surface area contributed by atoms with Crippen molar-refractivity contribution in [3.05, 3.63) is 94.0 Å². The Morgan fingerprint density at radius 1 is 1.02 bits per heavy atom. The van der Waals surface area contributed by atoms with Crippen LogP contribution in [0.2, 0.25) is 0 Å². The van der Waals surface area contributed by atoms with Gasteiger partial charge in [-0.25, -0.2) is 14.3 Å². The highest BCUT2D eigenvalue weighted by atomic mass is 19.4. The van der Waals surface area contributed by atoms with Crippen molar-refractivity contribution in [3.63, 3.8) is 0 Å². The van der Waals surface area contributed by atoms with Crippen LogP contribution < -0.4 is 5.69 Å². The highest BCUT2D eigenvalue weighted by Crippen LogP contribution is 2.32. The molecule has 2 aromatic heterocycles. The maximum atomic E-state index is 13.9. The minimum atomic E-state index is -4.59. The molecule has 0 unspecified atom stereocenters. The Bertz CT molecular complexity index is 1650. The molecule has 0 N–H and O–H groups in total. The van der Waals surface area contributed by atoms with Crippen molar-refractivity contribution in [1.29, 1.82) is 0 Å². The van der Waals surface area contributed by atoms with Crippen molar-refractivity contribution in [3.8, 4) is 22.8 Å². The molecule has 1 saturated heterocycles. The van der Waals surface area contributed by atoms with E-state index in [2.05, 4.69) is 14.8 Å². The number of halogens is 3. The second kappa shape index (κ2) is 10.5. The Hall–Kier alpha value is -4.63. The molecular formula is C28H26F3N7O2. The van der Waals surface area contributed by atoms with E-state index in [4.69, 9.17) is 6.57 Å². The summed E-state index contributed by atoms with van der Waals surface area (Å²) in [5, 5.41) is 4.40. The number of carbonyl (C=O) groups is 1. The Morgan fingerprint density at radius 2 is 1.73 bits per heavy atom. The van der Waals surface area contributed by atoms with Gasteiger partial charge < -0.3 is 9.80 Å². The Morgan fingerprint density at radius 3 is 2.38 bits per heavy atom. The van der Waals surface area contributed by atoms with Gasteiger partial charge in [-0.05, 0) is 50.4 Å². The lowest BCUT2D eigenvalue weighted by atomic mass is 10.2. The van der Waals surface area contributed by atoms with Gasteiger partial charge in [-0.3, -0.25) is 13.9 Å². The molecule has 3 heterocycles. The van der Waals surface area contributed by atoms with E-state index in [9.17, 15) is 22.8 Å². The highest BCUT2D eigenvalue weighted by molar-refractivity contribution is 5.77. The number of likely N-dealkylation sites (N-methyl/N-ethyl adjacent to an activating group) is 1. The van der Waals surface area contributed by atoms with Crippen molar-refractivity contribution in [2.24, 2.45) is 0 Å². The molecular weight excluding hydrogens is 523 g/mol. The maximum Gasteiger partial charge on any atom is 0.416 e. The fourth-order valence-corrected chi connectivity index (χ4v) is 4.90. The van der Waals surface area contributed by atoms with Gasteiger partial charge in [0.15, 0.2) is 5.69 Å². The fourth-order valence-electron chi connectivity index (χ4n) is 4.90. The zero-order chi connectivity index (χ0) is 28.6. The minimum absolute atomic E-state index is 0.0387. The van der Waals surface area contributed by atoms with Crippen molar-refractivity contribution in [1.82, 2.24) is 28.7 Å². The standard InChI is InChI=1S/C28H26F3N7O2/c1-19-26(24-11-12-33-38(24)22-9-7-21(32-2)8-10-22)36(18-25(39)35-15-13-34(3)14-16-35)27(40)37(19)23-6-4-5-20(17-23)28(29,30)31/h4-12,17H,13-16,18H2,1,3H3. The molecule has 0 atom stereocenters. The van der Waals surface area contributed by atoms with Crippen LogP contribution in [-0.2, 0) is 17.5 Å². The molecule has 40 heavy (non-hydrogen) atoms. The van der Waals surface area contributed by atoms with Crippen LogP contribution in [0.4, 0.5) is 18.9 Å². The van der Waals surface area contributed by atoms with Crippen LogP contribution in [0.15, 0.2) is 65.6 Å². The lowest BCUT2D eigenvalue weighted by molar-refractivity contribution is -0.137. The van der Waals surface area contributed by atoms with Gasteiger partial charge in [-0.1, -0.05) is 18.2 Å². The molecule has 12 heteroatoms. The summed E-state index contributed by atoms with van der Waals surface area (Å²) in [6.07, 6.45) is -3.05. The molecule has 5 rings (SSSR count). The van der Waals surface area contributed by atoms with Crippen molar-refractivity contribution in [2.45, 2.75) is 19.6 Å². The number of rotatable bonds is 5. The lowest BCUT2D eigenvalue weighted by Gasteiger charge is -2.32. The third-order valence-electron chi connectivity index (χ3n) is 7.06. The van der Waals surface area contributed by atoms with Gasteiger partial charge in [0.25, 0.3) is 0 Å². The second-order valence-electron chi connectivity index (χ2n) is 9.63. The van der Waals surface area contributed by atoms with Gasteiger partial charge in [0.05, 0.1) is 46.8 Å². The van der Waals surface area contributed by atoms with Crippen LogP contribution in [0, 0.1) is 13.5 Å². The third-order valence-corrected chi connectivity index (χ3v) is 7.06. The number of hydrogen-bond acceptors (Lipinski definition) is 4. The van der Waals surface area contributed by atoms with Crippen LogP contribution in [0.5, 0.6) is 0 Å². The summed E-state index contributed by atoms with van der Waals surface area (Å²) in [5.74, 6) is -0.259. The number of hydrogen-bond donors (Lipinski definition) is 0. The average Bonchev–Trinajstić information content (AvgIpc) is 3.50. The molecule has 0 aliphatic carbocycles. The van der Waals surface area contributed by atoms with E-state index >= 15 is 0 Å². The van der Waals surface area contributed by atoms with E-state index in [-0.39, 0.29) is 18.1 Å². The molecule has 0 radical (unpaired) electrons. The molecule has 1 amide bonds. The van der Waals surface area contributed by atoms with E-state index in [0.717, 1.165) is 12.1 Å². The fraction of sp³-hybridized carbons (Fsp3) is 0.286. The number of benzene rings is 2. The summed E-state index contributed by atoms with van der Waals surface area (Å²) < 4.78 is 44.6. The molecule has 1 fully saturated rings. The summed E-state index contributed by atoms with van der Waals surface area (Å²) >= 11 is 0. The molecule has 206 valence electrons. The van der Waals surface area contributed by atoms with Gasteiger partial charge in [0, 0.05) is 26.2 Å². The zero-order valence-electron chi connectivity index (χ0n) is 21.9. The summed E-state index contributed by atoms with van der Waals surface area (Å²) in [7, 11) is 1.97. The Kier molecular flexibility index (Phi) is 7.08. The van der Waals surface area contributed by atoms with Crippen molar-refractivity contribution >= 4 is 11.6 Å². The van der Waals surface area contributed by atoms with Crippen molar-refractivity contribution in [2.75, 3.05) is 33.2 Å². The maximum absolute atomic E-state index is 13.9. The van der Waals surface area contributed by atoms with Gasteiger partial charge >= 0.3 is 11.9 Å². The van der Waals surface area contributed by atoms with Gasteiger partial charge in [0.2, 0.25) is 5.91 Å². The minimum Gasteiger partial charge on any atom is -0.339 e. The third kappa shape index (κ3) is 5.03. The number of alkyl halides is 3.